The number of ether oxygens (including phenoxy) is 4. The lowest BCUT2D eigenvalue weighted by molar-refractivity contribution is -0.336. The van der Waals surface area contributed by atoms with Crippen molar-refractivity contribution in [1.29, 1.82) is 0 Å². The first-order chi connectivity index (χ1) is 17.6. The Bertz CT molecular complexity index is 1110. The molecule has 3 saturated heterocycles. The predicted molar refractivity (Wildman–Crippen MR) is 121 cm³/mol. The van der Waals surface area contributed by atoms with Gasteiger partial charge in [-0.05, 0) is 31.2 Å². The molecule has 4 N–H and O–H groups in total. The minimum absolute atomic E-state index is 0.101. The van der Waals surface area contributed by atoms with Crippen molar-refractivity contribution in [3.8, 4) is 0 Å². The number of carbonyl (C=O) groups excluding carboxylic acids is 2. The fourth-order valence-corrected chi connectivity index (χ4v) is 7.76. The molecule has 37 heavy (non-hydrogen) atoms. The van der Waals surface area contributed by atoms with Gasteiger partial charge in [-0.1, -0.05) is 19.9 Å². The van der Waals surface area contributed by atoms with Gasteiger partial charge >= 0.3 is 11.9 Å². The van der Waals surface area contributed by atoms with Gasteiger partial charge in [-0.15, -0.1) is 0 Å². The lowest BCUT2D eigenvalue weighted by atomic mass is 9.52. The molecule has 11 atom stereocenters. The summed E-state index contributed by atoms with van der Waals surface area (Å²) in [6.07, 6.45) is -1.82. The largest absolute Gasteiger partial charge is 0.472 e. The minimum atomic E-state index is -1.66. The zero-order valence-corrected chi connectivity index (χ0v) is 20.6. The summed E-state index contributed by atoms with van der Waals surface area (Å²) in [5, 5.41) is 40.9. The quantitative estimate of drug-likeness (QED) is 0.405. The molecule has 1 aromatic heterocycles. The highest BCUT2D eigenvalue weighted by molar-refractivity contribution is 5.92. The Morgan fingerprint density at radius 1 is 1.14 bits per heavy atom. The number of hydrogen-bond donors (Lipinski definition) is 4. The number of furan rings is 1. The summed E-state index contributed by atoms with van der Waals surface area (Å²) >= 11 is 0. The lowest BCUT2D eigenvalue weighted by Gasteiger charge is -2.55. The molecule has 3 aliphatic heterocycles. The summed E-state index contributed by atoms with van der Waals surface area (Å²) in [5.74, 6) is -1.59. The molecular formula is C26H32O11. The average molecular weight is 521 g/mol. The smallest absolute Gasteiger partial charge is 0.339 e. The number of rotatable bonds is 4. The number of aliphatic hydroxyl groups excluding tert-OH is 4. The summed E-state index contributed by atoms with van der Waals surface area (Å²) in [7, 11) is 0. The van der Waals surface area contributed by atoms with E-state index in [9.17, 15) is 30.0 Å². The molecule has 0 bridgehead atoms. The Morgan fingerprint density at radius 2 is 1.92 bits per heavy atom. The number of allylic oxidation sites excluding steroid dienone is 1. The molecule has 1 aromatic rings. The second-order valence-electron chi connectivity index (χ2n) is 11.4. The van der Waals surface area contributed by atoms with Crippen molar-refractivity contribution in [2.24, 2.45) is 22.7 Å². The zero-order valence-electron chi connectivity index (χ0n) is 20.6. The molecule has 2 aliphatic carbocycles. The van der Waals surface area contributed by atoms with E-state index in [2.05, 4.69) is 0 Å². The van der Waals surface area contributed by atoms with Crippen LogP contribution < -0.4 is 0 Å². The monoisotopic (exact) mass is 520 g/mol. The second-order valence-corrected chi connectivity index (χ2v) is 11.4. The molecule has 0 amide bonds. The van der Waals surface area contributed by atoms with Crippen molar-refractivity contribution in [2.45, 2.75) is 75.5 Å². The maximum atomic E-state index is 13.5. The topological polar surface area (TPSA) is 165 Å². The van der Waals surface area contributed by atoms with Gasteiger partial charge in [-0.25, -0.2) is 9.59 Å². The number of esters is 2. The van der Waals surface area contributed by atoms with Crippen molar-refractivity contribution in [2.75, 3.05) is 13.2 Å². The Labute approximate surface area is 212 Å². The van der Waals surface area contributed by atoms with Crippen molar-refractivity contribution < 1.29 is 53.4 Å². The molecule has 0 aromatic carbocycles. The van der Waals surface area contributed by atoms with Gasteiger partial charge in [-0.2, -0.15) is 0 Å². The molecule has 0 unspecified atom stereocenters. The zero-order chi connectivity index (χ0) is 26.3. The van der Waals surface area contributed by atoms with Crippen molar-refractivity contribution >= 4 is 11.9 Å². The molecule has 202 valence electrons. The summed E-state index contributed by atoms with van der Waals surface area (Å²) in [4.78, 5) is 26.7. The third kappa shape index (κ3) is 3.22. The molecule has 11 heteroatoms. The maximum Gasteiger partial charge on any atom is 0.339 e. The Hall–Kier alpha value is -2.28. The summed E-state index contributed by atoms with van der Waals surface area (Å²) in [6.45, 7) is 3.43. The van der Waals surface area contributed by atoms with Gasteiger partial charge < -0.3 is 43.8 Å². The summed E-state index contributed by atoms with van der Waals surface area (Å²) in [6, 6.07) is 1.77. The van der Waals surface area contributed by atoms with Gasteiger partial charge in [0.1, 0.15) is 30.5 Å². The van der Waals surface area contributed by atoms with Gasteiger partial charge in [0.05, 0.1) is 25.7 Å². The molecule has 1 saturated carbocycles. The molecule has 6 rings (SSSR count). The van der Waals surface area contributed by atoms with Crippen molar-refractivity contribution in [3.63, 3.8) is 0 Å². The predicted octanol–water partition coefficient (Wildman–Crippen LogP) is 0.358. The van der Waals surface area contributed by atoms with Crippen LogP contribution in [-0.2, 0) is 28.5 Å². The van der Waals surface area contributed by atoms with Crippen LogP contribution in [0.3, 0.4) is 0 Å². The highest BCUT2D eigenvalue weighted by Crippen LogP contribution is 2.70. The van der Waals surface area contributed by atoms with E-state index < -0.39 is 77.7 Å². The van der Waals surface area contributed by atoms with Crippen LogP contribution in [0.15, 0.2) is 34.7 Å². The third-order valence-electron chi connectivity index (χ3n) is 9.69. The lowest BCUT2D eigenvalue weighted by Crippen LogP contribution is -2.65. The number of carbonyl (C=O) groups is 2. The highest BCUT2D eigenvalue weighted by atomic mass is 16.7. The van der Waals surface area contributed by atoms with E-state index in [0.717, 1.165) is 5.56 Å². The van der Waals surface area contributed by atoms with Crippen LogP contribution in [0.2, 0.25) is 0 Å². The van der Waals surface area contributed by atoms with E-state index in [1.807, 2.05) is 19.9 Å². The minimum Gasteiger partial charge on any atom is -0.472 e. The van der Waals surface area contributed by atoms with Crippen molar-refractivity contribution in [3.05, 3.63) is 35.8 Å². The molecule has 5 aliphatic rings. The van der Waals surface area contributed by atoms with E-state index in [0.29, 0.717) is 24.8 Å². The molecule has 0 spiro atoms. The number of hydrogen-bond acceptors (Lipinski definition) is 11. The van der Waals surface area contributed by atoms with E-state index in [1.165, 1.54) is 6.26 Å². The average Bonchev–Trinajstić information content (AvgIpc) is 3.56. The van der Waals surface area contributed by atoms with Gasteiger partial charge in [0, 0.05) is 27.9 Å². The number of fused-ring (bicyclic) bond motifs is 5. The molecule has 0 radical (unpaired) electrons. The molecule has 4 fully saturated rings. The van der Waals surface area contributed by atoms with E-state index in [4.69, 9.17) is 23.4 Å². The first-order valence-corrected chi connectivity index (χ1v) is 12.7. The van der Waals surface area contributed by atoms with Gasteiger partial charge in [0.15, 0.2) is 11.9 Å². The van der Waals surface area contributed by atoms with Crippen LogP contribution in [0.1, 0.15) is 44.8 Å². The first-order valence-electron chi connectivity index (χ1n) is 12.7. The van der Waals surface area contributed by atoms with Crippen LogP contribution >= 0.6 is 0 Å². The fraction of sp³-hybridized carbons (Fsp3) is 0.692. The third-order valence-corrected chi connectivity index (χ3v) is 9.69. The van der Waals surface area contributed by atoms with Crippen LogP contribution in [0.5, 0.6) is 0 Å². The van der Waals surface area contributed by atoms with Gasteiger partial charge in [0.25, 0.3) is 0 Å². The van der Waals surface area contributed by atoms with Crippen LogP contribution in [-0.4, -0.2) is 81.9 Å². The first kappa shape index (κ1) is 25.0. The van der Waals surface area contributed by atoms with E-state index in [1.54, 1.807) is 12.3 Å². The molecule has 11 nitrogen and oxygen atoms in total. The van der Waals surface area contributed by atoms with E-state index in [-0.39, 0.29) is 12.5 Å². The van der Waals surface area contributed by atoms with Crippen LogP contribution in [0.25, 0.3) is 0 Å². The van der Waals surface area contributed by atoms with E-state index >= 15 is 0 Å². The highest BCUT2D eigenvalue weighted by Gasteiger charge is 2.76. The van der Waals surface area contributed by atoms with Crippen LogP contribution in [0.4, 0.5) is 0 Å². The van der Waals surface area contributed by atoms with Crippen LogP contribution in [0, 0.1) is 22.7 Å². The van der Waals surface area contributed by atoms with Crippen molar-refractivity contribution in [1.82, 2.24) is 0 Å². The van der Waals surface area contributed by atoms with Gasteiger partial charge in [-0.3, -0.25) is 0 Å². The summed E-state index contributed by atoms with van der Waals surface area (Å²) < 4.78 is 28.5. The van der Waals surface area contributed by atoms with Gasteiger partial charge in [0.2, 0.25) is 0 Å². The normalized spacial score (nSPS) is 49.0. The molecule has 4 heterocycles. The number of aliphatic hydroxyl groups is 4. The summed E-state index contributed by atoms with van der Waals surface area (Å²) in [5.41, 5.74) is -1.72. The number of cyclic esters (lactones) is 2. The molecular weight excluding hydrogens is 488 g/mol. The maximum absolute atomic E-state index is 13.5. The standard InChI is InChI=1S/C26H32O11/c1-24-8-15(12-4-6-33-10-12)35-21(31)14(24)3-5-25(2)17(24)7-13-11-34-23(32)26(13,25)37-22-20(30)19(29)18(28)16(9-27)36-22/h3-4,6,10,13,15-20,22,27-30H,5,7-9,11H2,1-2H3/t13-,15+,16+,17-,18+,19-,20+,22-,24+,25+,26+/m0/s1. The Morgan fingerprint density at radius 3 is 2.62 bits per heavy atom. The Balaban J connectivity index is 1.39. The second kappa shape index (κ2) is 8.36. The SMILES string of the molecule is C[C@@]12C[C@H](c3ccoc3)OC(=O)C1=CC[C@]1(C)[C@H]2C[C@H]2COC(=O)[C@]21O[C@@H]1O[C@H](CO)[C@@H](O)[C@H](O)[C@H]1O. The fourth-order valence-electron chi connectivity index (χ4n) is 7.76. The Kier molecular flexibility index (Phi) is 5.65.